The first kappa shape index (κ1) is 20.3. The summed E-state index contributed by atoms with van der Waals surface area (Å²) in [5.74, 6) is 0.204. The molecule has 2 aliphatic heterocycles. The predicted molar refractivity (Wildman–Crippen MR) is 111 cm³/mol. The van der Waals surface area contributed by atoms with Crippen LogP contribution >= 0.6 is 11.3 Å². The van der Waals surface area contributed by atoms with Gasteiger partial charge in [-0.15, -0.1) is 11.3 Å². The van der Waals surface area contributed by atoms with E-state index in [-0.39, 0.29) is 30.4 Å². The molecule has 8 heteroatoms. The van der Waals surface area contributed by atoms with Crippen LogP contribution in [-0.2, 0) is 14.3 Å². The van der Waals surface area contributed by atoms with E-state index in [1.165, 1.54) is 11.3 Å². The van der Waals surface area contributed by atoms with Crippen molar-refractivity contribution in [3.8, 4) is 0 Å². The predicted octanol–water partition coefficient (Wildman–Crippen LogP) is 2.51. The molecule has 2 aromatic rings. The summed E-state index contributed by atoms with van der Waals surface area (Å²) >= 11 is 1.47. The fourth-order valence-corrected chi connectivity index (χ4v) is 5.17. The highest BCUT2D eigenvalue weighted by molar-refractivity contribution is 7.20. The zero-order valence-electron chi connectivity index (χ0n) is 16.9. The van der Waals surface area contributed by atoms with Crippen molar-refractivity contribution < 1.29 is 19.1 Å². The van der Waals surface area contributed by atoms with E-state index in [1.807, 2.05) is 35.8 Å². The largest absolute Gasteiger partial charge is 0.378 e. The standard InChI is InChI=1S/C21H27N3O4S/c1-14(2)28-13-17(25)24-7-5-15(12-24)18-16-4-3-6-22-20(16)29-19(18)21(26)23-8-10-27-11-9-23/h3-4,6,14-15H,5,7-13H2,1-2H3. The number of amides is 2. The first-order valence-corrected chi connectivity index (χ1v) is 11.0. The molecule has 0 radical (unpaired) electrons. The van der Waals surface area contributed by atoms with E-state index in [4.69, 9.17) is 9.47 Å². The van der Waals surface area contributed by atoms with Crippen LogP contribution in [0.2, 0.25) is 0 Å². The molecular weight excluding hydrogens is 390 g/mol. The number of carbonyl (C=O) groups is 2. The monoisotopic (exact) mass is 417 g/mol. The van der Waals surface area contributed by atoms with E-state index in [9.17, 15) is 9.59 Å². The summed E-state index contributed by atoms with van der Waals surface area (Å²) in [6.45, 7) is 7.64. The zero-order chi connectivity index (χ0) is 20.4. The van der Waals surface area contributed by atoms with Gasteiger partial charge in [-0.2, -0.15) is 0 Å². The van der Waals surface area contributed by atoms with Gasteiger partial charge in [-0.1, -0.05) is 6.07 Å². The summed E-state index contributed by atoms with van der Waals surface area (Å²) in [5.41, 5.74) is 1.05. The Morgan fingerprint density at radius 3 is 2.83 bits per heavy atom. The number of aromatic nitrogens is 1. The lowest BCUT2D eigenvalue weighted by atomic mass is 9.95. The summed E-state index contributed by atoms with van der Waals surface area (Å²) in [5, 5.41) is 1.03. The molecule has 2 saturated heterocycles. The van der Waals surface area contributed by atoms with E-state index in [0.29, 0.717) is 39.4 Å². The maximum absolute atomic E-state index is 13.3. The topological polar surface area (TPSA) is 72.0 Å². The minimum atomic E-state index is 0.0138. The highest BCUT2D eigenvalue weighted by atomic mass is 32.1. The molecule has 29 heavy (non-hydrogen) atoms. The Bertz CT molecular complexity index is 891. The number of likely N-dealkylation sites (tertiary alicyclic amines) is 1. The Balaban J connectivity index is 1.59. The summed E-state index contributed by atoms with van der Waals surface area (Å²) in [4.78, 5) is 35.6. The van der Waals surface area contributed by atoms with Crippen molar-refractivity contribution in [2.45, 2.75) is 32.3 Å². The SMILES string of the molecule is CC(C)OCC(=O)N1CCC(c2c(C(=O)N3CCOCC3)sc3ncccc23)C1. The van der Waals surface area contributed by atoms with Crippen molar-refractivity contribution in [3.63, 3.8) is 0 Å². The van der Waals surface area contributed by atoms with Gasteiger partial charge >= 0.3 is 0 Å². The van der Waals surface area contributed by atoms with Crippen LogP contribution in [-0.4, -0.2) is 78.7 Å². The molecule has 4 rings (SSSR count). The van der Waals surface area contributed by atoms with Crippen LogP contribution in [0.4, 0.5) is 0 Å². The molecule has 4 heterocycles. The number of thiophene rings is 1. The van der Waals surface area contributed by atoms with Crippen LogP contribution < -0.4 is 0 Å². The number of nitrogens with zero attached hydrogens (tertiary/aromatic N) is 3. The van der Waals surface area contributed by atoms with Crippen molar-refractivity contribution in [1.82, 2.24) is 14.8 Å². The molecule has 1 unspecified atom stereocenters. The van der Waals surface area contributed by atoms with Crippen molar-refractivity contribution >= 4 is 33.4 Å². The van der Waals surface area contributed by atoms with Crippen molar-refractivity contribution in [2.75, 3.05) is 46.0 Å². The number of hydrogen-bond donors (Lipinski definition) is 0. The fourth-order valence-electron chi connectivity index (χ4n) is 3.98. The Hall–Kier alpha value is -2.03. The van der Waals surface area contributed by atoms with E-state index < -0.39 is 0 Å². The third kappa shape index (κ3) is 4.29. The maximum atomic E-state index is 13.3. The average Bonchev–Trinajstić information content (AvgIpc) is 3.36. The van der Waals surface area contributed by atoms with Crippen molar-refractivity contribution in [1.29, 1.82) is 0 Å². The van der Waals surface area contributed by atoms with Crippen LogP contribution in [0.1, 0.15) is 41.4 Å². The smallest absolute Gasteiger partial charge is 0.264 e. The molecule has 156 valence electrons. The third-order valence-corrected chi connectivity index (χ3v) is 6.60. The molecule has 0 saturated carbocycles. The second kappa shape index (κ2) is 8.77. The van der Waals surface area contributed by atoms with Crippen LogP contribution in [0, 0.1) is 0 Å². The molecular formula is C21H27N3O4S. The quantitative estimate of drug-likeness (QED) is 0.748. The number of ether oxygens (including phenoxy) is 2. The Kier molecular flexibility index (Phi) is 6.12. The summed E-state index contributed by atoms with van der Waals surface area (Å²) in [6.07, 6.45) is 2.64. The lowest BCUT2D eigenvalue weighted by Crippen LogP contribution is -2.40. The molecule has 2 aromatic heterocycles. The van der Waals surface area contributed by atoms with Gasteiger partial charge < -0.3 is 19.3 Å². The molecule has 0 aliphatic carbocycles. The molecule has 2 aliphatic rings. The number of morpholine rings is 1. The second-order valence-electron chi connectivity index (χ2n) is 7.79. The lowest BCUT2D eigenvalue weighted by molar-refractivity contribution is -0.136. The van der Waals surface area contributed by atoms with Gasteiger partial charge in [-0.05, 0) is 31.9 Å². The Morgan fingerprint density at radius 1 is 1.28 bits per heavy atom. The maximum Gasteiger partial charge on any atom is 0.264 e. The highest BCUT2D eigenvalue weighted by Gasteiger charge is 2.34. The summed E-state index contributed by atoms with van der Waals surface area (Å²) in [6, 6.07) is 3.95. The minimum absolute atomic E-state index is 0.0138. The molecule has 0 N–H and O–H groups in total. The lowest BCUT2D eigenvalue weighted by Gasteiger charge is -2.27. The molecule has 0 bridgehead atoms. The van der Waals surface area contributed by atoms with E-state index in [2.05, 4.69) is 4.98 Å². The molecule has 2 amide bonds. The van der Waals surface area contributed by atoms with Gasteiger partial charge in [-0.25, -0.2) is 4.98 Å². The molecule has 0 aromatic carbocycles. The molecule has 7 nitrogen and oxygen atoms in total. The number of pyridine rings is 1. The third-order valence-electron chi connectivity index (χ3n) is 5.49. The summed E-state index contributed by atoms with van der Waals surface area (Å²) in [7, 11) is 0. The van der Waals surface area contributed by atoms with Gasteiger partial charge in [0.15, 0.2) is 0 Å². The summed E-state index contributed by atoms with van der Waals surface area (Å²) < 4.78 is 10.9. The van der Waals surface area contributed by atoms with Gasteiger partial charge in [-0.3, -0.25) is 9.59 Å². The number of fused-ring (bicyclic) bond motifs is 1. The van der Waals surface area contributed by atoms with E-state index in [1.54, 1.807) is 6.20 Å². The minimum Gasteiger partial charge on any atom is -0.378 e. The fraction of sp³-hybridized carbons (Fsp3) is 0.571. The highest BCUT2D eigenvalue weighted by Crippen LogP contribution is 2.40. The average molecular weight is 418 g/mol. The van der Waals surface area contributed by atoms with Gasteiger partial charge in [0.25, 0.3) is 5.91 Å². The van der Waals surface area contributed by atoms with Crippen LogP contribution in [0.25, 0.3) is 10.2 Å². The van der Waals surface area contributed by atoms with Gasteiger partial charge in [0, 0.05) is 43.7 Å². The number of carbonyl (C=O) groups excluding carboxylic acids is 2. The van der Waals surface area contributed by atoms with E-state index in [0.717, 1.165) is 27.1 Å². The first-order chi connectivity index (χ1) is 14.0. The van der Waals surface area contributed by atoms with Crippen molar-refractivity contribution in [2.24, 2.45) is 0 Å². The van der Waals surface area contributed by atoms with Crippen LogP contribution in [0.15, 0.2) is 18.3 Å². The van der Waals surface area contributed by atoms with Crippen LogP contribution in [0.5, 0.6) is 0 Å². The van der Waals surface area contributed by atoms with Crippen LogP contribution in [0.3, 0.4) is 0 Å². The zero-order valence-corrected chi connectivity index (χ0v) is 17.7. The molecule has 0 spiro atoms. The first-order valence-electron chi connectivity index (χ1n) is 10.2. The number of hydrogen-bond acceptors (Lipinski definition) is 6. The second-order valence-corrected chi connectivity index (χ2v) is 8.79. The molecule has 2 fully saturated rings. The Morgan fingerprint density at radius 2 is 2.07 bits per heavy atom. The van der Waals surface area contributed by atoms with E-state index >= 15 is 0 Å². The van der Waals surface area contributed by atoms with Gasteiger partial charge in [0.1, 0.15) is 11.4 Å². The number of rotatable bonds is 5. The van der Waals surface area contributed by atoms with Gasteiger partial charge in [0.2, 0.25) is 5.91 Å². The Labute approximate surface area is 174 Å². The van der Waals surface area contributed by atoms with Gasteiger partial charge in [0.05, 0.1) is 24.2 Å². The van der Waals surface area contributed by atoms with Crippen molar-refractivity contribution in [3.05, 3.63) is 28.8 Å². The molecule has 1 atom stereocenters. The normalized spacial score (nSPS) is 20.0.